The van der Waals surface area contributed by atoms with Crippen molar-refractivity contribution in [2.24, 2.45) is 16.6 Å². The number of likely N-dealkylation sites (N-methyl/N-ethyl adjacent to an activating group) is 1. The Morgan fingerprint density at radius 3 is 3.00 bits per heavy atom. The van der Waals surface area contributed by atoms with Crippen LogP contribution in [0.1, 0.15) is 44.1 Å². The lowest BCUT2D eigenvalue weighted by molar-refractivity contribution is -0.132. The summed E-state index contributed by atoms with van der Waals surface area (Å²) in [6, 6.07) is 5.85. The largest absolute Gasteiger partial charge is 0.489 e. The van der Waals surface area contributed by atoms with Gasteiger partial charge in [-0.05, 0) is 55.9 Å². The van der Waals surface area contributed by atoms with Gasteiger partial charge in [0, 0.05) is 29.4 Å². The van der Waals surface area contributed by atoms with E-state index in [0.29, 0.717) is 12.3 Å². The first-order valence-corrected chi connectivity index (χ1v) is 10.8. The molecule has 5 nitrogen and oxygen atoms in total. The summed E-state index contributed by atoms with van der Waals surface area (Å²) in [6.07, 6.45) is 10.7. The molecule has 0 bridgehead atoms. The number of halogens is 1. The number of amides is 1. The zero-order chi connectivity index (χ0) is 19.5. The molecule has 0 radical (unpaired) electrons. The first-order chi connectivity index (χ1) is 13.5. The van der Waals surface area contributed by atoms with Crippen LogP contribution in [0.4, 0.5) is 0 Å². The van der Waals surface area contributed by atoms with E-state index in [1.807, 2.05) is 18.2 Å². The second-order valence-corrected chi connectivity index (χ2v) is 9.11. The molecule has 1 amide bonds. The van der Waals surface area contributed by atoms with Crippen LogP contribution in [0, 0.1) is 5.92 Å². The Balaban J connectivity index is 1.61. The average Bonchev–Trinajstić information content (AvgIpc) is 2.92. The molecule has 5 rings (SSSR count). The molecule has 0 aromatic heterocycles. The lowest BCUT2D eigenvalue weighted by Gasteiger charge is -2.42. The first kappa shape index (κ1) is 18.0. The number of rotatable bonds is 1. The van der Waals surface area contributed by atoms with Crippen molar-refractivity contribution in [2.45, 2.75) is 50.2 Å². The van der Waals surface area contributed by atoms with E-state index in [4.69, 9.17) is 15.5 Å². The van der Waals surface area contributed by atoms with Crippen molar-refractivity contribution in [2.75, 3.05) is 7.05 Å². The highest BCUT2D eigenvalue weighted by atomic mass is 79.9. The van der Waals surface area contributed by atoms with E-state index in [1.54, 1.807) is 12.6 Å². The second-order valence-electron chi connectivity index (χ2n) is 8.19. The summed E-state index contributed by atoms with van der Waals surface area (Å²) in [5, 5.41) is 0. The number of carbonyl (C=O) groups excluding carboxylic acids is 1. The SMILES string of the molecule is CN1C(=O)C2(CC(C3CCCC4=C3C=CCC4)Oc3ccc(Br)cc32)N=C1N. The highest BCUT2D eigenvalue weighted by Crippen LogP contribution is 2.50. The predicted octanol–water partition coefficient (Wildman–Crippen LogP) is 4.03. The van der Waals surface area contributed by atoms with E-state index >= 15 is 0 Å². The highest BCUT2D eigenvalue weighted by Gasteiger charge is 2.55. The van der Waals surface area contributed by atoms with E-state index in [0.717, 1.165) is 35.0 Å². The van der Waals surface area contributed by atoms with Crippen LogP contribution in [-0.4, -0.2) is 29.9 Å². The van der Waals surface area contributed by atoms with Gasteiger partial charge in [0.15, 0.2) is 11.5 Å². The van der Waals surface area contributed by atoms with Crippen molar-refractivity contribution in [3.8, 4) is 5.75 Å². The van der Waals surface area contributed by atoms with Crippen LogP contribution in [-0.2, 0) is 10.3 Å². The van der Waals surface area contributed by atoms with Crippen molar-refractivity contribution in [1.82, 2.24) is 4.90 Å². The molecule has 1 spiro atoms. The fourth-order valence-electron chi connectivity index (χ4n) is 5.23. The smallest absolute Gasteiger partial charge is 0.261 e. The van der Waals surface area contributed by atoms with Crippen molar-refractivity contribution in [3.05, 3.63) is 51.5 Å². The van der Waals surface area contributed by atoms with Crippen molar-refractivity contribution < 1.29 is 9.53 Å². The molecule has 3 unspecified atom stereocenters. The zero-order valence-electron chi connectivity index (χ0n) is 16.0. The number of aliphatic imine (C=N–C) groups is 1. The summed E-state index contributed by atoms with van der Waals surface area (Å²) in [4.78, 5) is 19.5. The Bertz CT molecular complexity index is 951. The minimum Gasteiger partial charge on any atom is -0.489 e. The fraction of sp³-hybridized carbons (Fsp3) is 0.455. The minimum atomic E-state index is -0.989. The average molecular weight is 442 g/mol. The van der Waals surface area contributed by atoms with Crippen molar-refractivity contribution in [1.29, 1.82) is 0 Å². The predicted molar refractivity (Wildman–Crippen MR) is 112 cm³/mol. The third kappa shape index (κ3) is 2.57. The number of carbonyl (C=O) groups is 1. The Morgan fingerprint density at radius 1 is 1.36 bits per heavy atom. The van der Waals surface area contributed by atoms with Gasteiger partial charge in [-0.3, -0.25) is 9.69 Å². The third-order valence-electron chi connectivity index (χ3n) is 6.63. The molecule has 1 aromatic rings. The van der Waals surface area contributed by atoms with Crippen LogP contribution in [0.25, 0.3) is 0 Å². The topological polar surface area (TPSA) is 67.9 Å². The van der Waals surface area contributed by atoms with Crippen LogP contribution < -0.4 is 10.5 Å². The van der Waals surface area contributed by atoms with E-state index in [1.165, 1.54) is 23.3 Å². The number of ether oxygens (including phenoxy) is 1. The van der Waals surface area contributed by atoms with Gasteiger partial charge in [-0.15, -0.1) is 0 Å². The number of nitrogens with zero attached hydrogens (tertiary/aromatic N) is 2. The normalized spacial score (nSPS) is 31.6. The molecule has 146 valence electrons. The maximum atomic E-state index is 13.3. The second kappa shape index (κ2) is 6.48. The van der Waals surface area contributed by atoms with E-state index in [9.17, 15) is 4.79 Å². The molecule has 6 heteroatoms. The number of nitrogens with two attached hydrogens (primary N) is 1. The first-order valence-electron chi connectivity index (χ1n) is 9.98. The summed E-state index contributed by atoms with van der Waals surface area (Å²) in [5.41, 5.74) is 8.89. The summed E-state index contributed by atoms with van der Waals surface area (Å²) in [6.45, 7) is 0. The van der Waals surface area contributed by atoms with E-state index in [2.05, 4.69) is 28.1 Å². The summed E-state index contributed by atoms with van der Waals surface area (Å²) < 4.78 is 7.42. The standard InChI is InChI=1S/C22H24BrN3O2/c1-26-20(27)22(25-21(26)24)12-19(28-18-10-9-14(23)11-17(18)22)16-8-4-6-13-5-2-3-7-15(13)16/h3,7,9-11,16,19H,2,4-6,8,12H2,1H3,(H2,24,25). The van der Waals surface area contributed by atoms with Gasteiger partial charge < -0.3 is 10.5 Å². The monoisotopic (exact) mass is 441 g/mol. The van der Waals surface area contributed by atoms with Gasteiger partial charge >= 0.3 is 0 Å². The number of fused-ring (bicyclic) bond motifs is 2. The molecule has 2 heterocycles. The molecule has 0 saturated carbocycles. The van der Waals surface area contributed by atoms with Gasteiger partial charge in [0.1, 0.15) is 11.9 Å². The highest BCUT2D eigenvalue weighted by molar-refractivity contribution is 9.10. The number of benzene rings is 1. The Kier molecular flexibility index (Phi) is 4.16. The van der Waals surface area contributed by atoms with Crippen LogP contribution in [0.15, 0.2) is 51.0 Å². The Morgan fingerprint density at radius 2 is 2.21 bits per heavy atom. The van der Waals surface area contributed by atoms with Crippen LogP contribution >= 0.6 is 15.9 Å². The molecule has 28 heavy (non-hydrogen) atoms. The lowest BCUT2D eigenvalue weighted by atomic mass is 9.71. The lowest BCUT2D eigenvalue weighted by Crippen LogP contribution is -2.48. The van der Waals surface area contributed by atoms with Crippen molar-refractivity contribution >= 4 is 27.8 Å². The van der Waals surface area contributed by atoms with Crippen molar-refractivity contribution in [3.63, 3.8) is 0 Å². The maximum Gasteiger partial charge on any atom is 0.261 e. The molecular formula is C22H24BrN3O2. The van der Waals surface area contributed by atoms with Crippen LogP contribution in [0.3, 0.4) is 0 Å². The van der Waals surface area contributed by atoms with E-state index in [-0.39, 0.29) is 18.0 Å². The van der Waals surface area contributed by atoms with E-state index < -0.39 is 5.54 Å². The minimum absolute atomic E-state index is 0.0677. The molecule has 1 aromatic carbocycles. The zero-order valence-corrected chi connectivity index (χ0v) is 17.5. The van der Waals surface area contributed by atoms with Gasteiger partial charge in [-0.1, -0.05) is 33.7 Å². The number of allylic oxidation sites excluding steroid dienone is 3. The maximum absolute atomic E-state index is 13.3. The van der Waals surface area contributed by atoms with Gasteiger partial charge in [0.05, 0.1) is 0 Å². The molecule has 3 atom stereocenters. The number of guanidine groups is 1. The summed E-state index contributed by atoms with van der Waals surface area (Å²) in [5.74, 6) is 1.25. The third-order valence-corrected chi connectivity index (χ3v) is 7.12. The Hall–Kier alpha value is -2.08. The van der Waals surface area contributed by atoms with Crippen LogP contribution in [0.5, 0.6) is 5.75 Å². The summed E-state index contributed by atoms with van der Waals surface area (Å²) in [7, 11) is 1.70. The quantitative estimate of drug-likeness (QED) is 0.714. The van der Waals surface area contributed by atoms with Gasteiger partial charge in [-0.25, -0.2) is 4.99 Å². The number of hydrogen-bond acceptors (Lipinski definition) is 4. The molecule has 0 fully saturated rings. The molecule has 2 N–H and O–H groups in total. The summed E-state index contributed by atoms with van der Waals surface area (Å²) >= 11 is 3.53. The Labute approximate surface area is 173 Å². The van der Waals surface area contributed by atoms with Gasteiger partial charge in [-0.2, -0.15) is 0 Å². The van der Waals surface area contributed by atoms with Gasteiger partial charge in [0.2, 0.25) is 0 Å². The molecule has 4 aliphatic rings. The molecule has 2 aliphatic carbocycles. The molecular weight excluding hydrogens is 418 g/mol. The molecule has 0 saturated heterocycles. The fourth-order valence-corrected chi connectivity index (χ4v) is 5.59. The van der Waals surface area contributed by atoms with Gasteiger partial charge in [0.25, 0.3) is 5.91 Å². The number of hydrogen-bond donors (Lipinski definition) is 1. The van der Waals surface area contributed by atoms with Crippen LogP contribution in [0.2, 0.25) is 0 Å². The molecule has 2 aliphatic heterocycles.